The summed E-state index contributed by atoms with van der Waals surface area (Å²) in [6.07, 6.45) is 4.71. The summed E-state index contributed by atoms with van der Waals surface area (Å²) in [7, 11) is 2.07. The van der Waals surface area contributed by atoms with E-state index < -0.39 is 0 Å². The van der Waals surface area contributed by atoms with E-state index in [0.29, 0.717) is 18.0 Å². The van der Waals surface area contributed by atoms with Crippen LogP contribution in [-0.2, 0) is 0 Å². The summed E-state index contributed by atoms with van der Waals surface area (Å²) in [5.41, 5.74) is 3.90. The number of hydrogen-bond donors (Lipinski definition) is 2. The maximum Gasteiger partial charge on any atom is 0.0317 e. The molecule has 0 amide bonds. The number of benzene rings is 1. The van der Waals surface area contributed by atoms with Crippen molar-refractivity contribution < 1.29 is 0 Å². The van der Waals surface area contributed by atoms with Gasteiger partial charge in [-0.2, -0.15) is 0 Å². The second-order valence-corrected chi connectivity index (χ2v) is 7.58. The number of aryl methyl sites for hydroxylation is 1. The topological polar surface area (TPSA) is 24.1 Å². The first-order valence-electron chi connectivity index (χ1n) is 9.55. The van der Waals surface area contributed by atoms with Crippen molar-refractivity contribution in [3.63, 3.8) is 0 Å². The third-order valence-electron chi connectivity index (χ3n) is 5.10. The van der Waals surface area contributed by atoms with Gasteiger partial charge in [0.05, 0.1) is 0 Å². The smallest absolute Gasteiger partial charge is 0.0317 e. The molecule has 0 saturated heterocycles. The van der Waals surface area contributed by atoms with Crippen molar-refractivity contribution in [1.82, 2.24) is 10.6 Å². The third kappa shape index (κ3) is 7.09. The van der Waals surface area contributed by atoms with Crippen molar-refractivity contribution in [3.05, 3.63) is 47.7 Å². The van der Waals surface area contributed by atoms with Gasteiger partial charge in [0, 0.05) is 17.8 Å². The second-order valence-electron chi connectivity index (χ2n) is 7.58. The van der Waals surface area contributed by atoms with E-state index in [4.69, 9.17) is 0 Å². The molecule has 2 N–H and O–H groups in total. The number of nitrogens with one attached hydrogen (secondary N) is 2. The Bertz CT molecular complexity index is 475. The highest BCUT2D eigenvalue weighted by atomic mass is 14.9. The number of allylic oxidation sites excluding steroid dienone is 1. The molecule has 1 aromatic carbocycles. The molecule has 1 aromatic rings. The van der Waals surface area contributed by atoms with E-state index in [1.165, 1.54) is 36.1 Å². The van der Waals surface area contributed by atoms with Crippen molar-refractivity contribution in [2.24, 2.45) is 11.8 Å². The van der Waals surface area contributed by atoms with Gasteiger partial charge in [0.25, 0.3) is 0 Å². The summed E-state index contributed by atoms with van der Waals surface area (Å²) in [5, 5.41) is 6.98. The Morgan fingerprint density at radius 2 is 1.71 bits per heavy atom. The Balaban J connectivity index is 2.67. The van der Waals surface area contributed by atoms with Crippen LogP contribution in [0.3, 0.4) is 0 Å². The molecule has 0 saturated carbocycles. The first-order chi connectivity index (χ1) is 11.4. The Morgan fingerprint density at radius 1 is 1.08 bits per heavy atom. The summed E-state index contributed by atoms with van der Waals surface area (Å²) in [6, 6.07) is 9.83. The molecule has 24 heavy (non-hydrogen) atoms. The molecular formula is C22H38N2. The van der Waals surface area contributed by atoms with Gasteiger partial charge in [0.2, 0.25) is 0 Å². The van der Waals surface area contributed by atoms with Crippen molar-refractivity contribution in [1.29, 1.82) is 0 Å². The van der Waals surface area contributed by atoms with Crippen molar-refractivity contribution >= 4 is 0 Å². The molecule has 0 radical (unpaired) electrons. The quantitative estimate of drug-likeness (QED) is 0.552. The Labute approximate surface area is 150 Å². The fourth-order valence-corrected chi connectivity index (χ4v) is 3.36. The van der Waals surface area contributed by atoms with Crippen LogP contribution >= 0.6 is 0 Å². The van der Waals surface area contributed by atoms with Crippen LogP contribution in [0.1, 0.15) is 70.5 Å². The normalized spacial score (nSPS) is 15.1. The van der Waals surface area contributed by atoms with Gasteiger partial charge in [0.1, 0.15) is 0 Å². The number of hydrogen-bond acceptors (Lipinski definition) is 2. The van der Waals surface area contributed by atoms with Crippen molar-refractivity contribution in [2.45, 2.75) is 72.4 Å². The molecule has 0 aliphatic heterocycles. The van der Waals surface area contributed by atoms with Crippen LogP contribution in [0.5, 0.6) is 0 Å². The lowest BCUT2D eigenvalue weighted by atomic mass is 9.83. The molecular weight excluding hydrogens is 292 g/mol. The molecule has 2 nitrogen and oxygen atoms in total. The van der Waals surface area contributed by atoms with Crippen LogP contribution in [0.4, 0.5) is 0 Å². The van der Waals surface area contributed by atoms with Crippen LogP contribution in [0.15, 0.2) is 36.5 Å². The van der Waals surface area contributed by atoms with Gasteiger partial charge in [-0.05, 0) is 64.5 Å². The van der Waals surface area contributed by atoms with Crippen molar-refractivity contribution in [3.8, 4) is 0 Å². The molecule has 0 aromatic heterocycles. The van der Waals surface area contributed by atoms with E-state index in [2.05, 4.69) is 83.1 Å². The third-order valence-corrected chi connectivity index (χ3v) is 5.10. The lowest BCUT2D eigenvalue weighted by Gasteiger charge is -2.27. The maximum absolute atomic E-state index is 4.24. The SMILES string of the molecule is C=C(CC(CCC(NC)c1ccc(C)cc1)C(C)CC)NC(C)C. The van der Waals surface area contributed by atoms with Crippen molar-refractivity contribution in [2.75, 3.05) is 7.05 Å². The minimum Gasteiger partial charge on any atom is -0.387 e. The van der Waals surface area contributed by atoms with Gasteiger partial charge in [-0.1, -0.05) is 56.7 Å². The van der Waals surface area contributed by atoms with E-state index in [0.717, 1.165) is 12.3 Å². The highest BCUT2D eigenvalue weighted by Crippen LogP contribution is 2.30. The Hall–Kier alpha value is -1.28. The van der Waals surface area contributed by atoms with E-state index in [9.17, 15) is 0 Å². The van der Waals surface area contributed by atoms with Crippen LogP contribution in [0, 0.1) is 18.8 Å². The van der Waals surface area contributed by atoms with Gasteiger partial charge in [-0.15, -0.1) is 0 Å². The molecule has 0 spiro atoms. The molecule has 0 bridgehead atoms. The average Bonchev–Trinajstić information content (AvgIpc) is 2.54. The molecule has 3 atom stereocenters. The van der Waals surface area contributed by atoms with Gasteiger partial charge in [0.15, 0.2) is 0 Å². The lowest BCUT2D eigenvalue weighted by molar-refractivity contribution is 0.298. The molecule has 2 heteroatoms. The molecule has 0 aliphatic carbocycles. The minimum atomic E-state index is 0.434. The van der Waals surface area contributed by atoms with Crippen LogP contribution in [-0.4, -0.2) is 13.1 Å². The van der Waals surface area contributed by atoms with E-state index in [-0.39, 0.29) is 0 Å². The maximum atomic E-state index is 4.24. The highest BCUT2D eigenvalue weighted by molar-refractivity contribution is 5.24. The predicted octanol–water partition coefficient (Wildman–Crippen LogP) is 5.60. The van der Waals surface area contributed by atoms with Gasteiger partial charge in [-0.25, -0.2) is 0 Å². The molecule has 3 unspecified atom stereocenters. The van der Waals surface area contributed by atoms with E-state index in [1.807, 2.05) is 0 Å². The molecule has 0 aliphatic rings. The first-order valence-corrected chi connectivity index (χ1v) is 9.55. The number of rotatable bonds is 11. The van der Waals surface area contributed by atoms with Gasteiger partial charge < -0.3 is 10.6 Å². The summed E-state index contributed by atoms with van der Waals surface area (Å²) in [4.78, 5) is 0. The summed E-state index contributed by atoms with van der Waals surface area (Å²) >= 11 is 0. The molecule has 1 rings (SSSR count). The summed E-state index contributed by atoms with van der Waals surface area (Å²) in [6.45, 7) is 15.4. The van der Waals surface area contributed by atoms with Gasteiger partial charge >= 0.3 is 0 Å². The van der Waals surface area contributed by atoms with Crippen LogP contribution in [0.2, 0.25) is 0 Å². The fraction of sp³-hybridized carbons (Fsp3) is 0.636. The Kier molecular flexibility index (Phi) is 9.13. The molecule has 0 heterocycles. The minimum absolute atomic E-state index is 0.434. The zero-order valence-corrected chi connectivity index (χ0v) is 16.7. The fourth-order valence-electron chi connectivity index (χ4n) is 3.36. The monoisotopic (exact) mass is 330 g/mol. The Morgan fingerprint density at radius 3 is 2.21 bits per heavy atom. The lowest BCUT2D eigenvalue weighted by Crippen LogP contribution is -2.25. The largest absolute Gasteiger partial charge is 0.387 e. The summed E-state index contributed by atoms with van der Waals surface area (Å²) < 4.78 is 0. The predicted molar refractivity (Wildman–Crippen MR) is 107 cm³/mol. The van der Waals surface area contributed by atoms with Crippen LogP contribution < -0.4 is 10.6 Å². The first kappa shape index (κ1) is 20.8. The average molecular weight is 331 g/mol. The summed E-state index contributed by atoms with van der Waals surface area (Å²) in [5.74, 6) is 1.42. The van der Waals surface area contributed by atoms with E-state index >= 15 is 0 Å². The molecule has 136 valence electrons. The van der Waals surface area contributed by atoms with E-state index in [1.54, 1.807) is 0 Å². The van der Waals surface area contributed by atoms with Gasteiger partial charge in [-0.3, -0.25) is 0 Å². The van der Waals surface area contributed by atoms with Crippen LogP contribution in [0.25, 0.3) is 0 Å². The second kappa shape index (κ2) is 10.6. The zero-order chi connectivity index (χ0) is 18.1. The highest BCUT2D eigenvalue weighted by Gasteiger charge is 2.19. The zero-order valence-electron chi connectivity index (χ0n) is 16.7. The molecule has 0 fully saturated rings. The standard InChI is InChI=1S/C22H38N2/c1-8-18(5)21(15-19(6)24-16(2)3)13-14-22(23-7)20-11-9-17(4)10-12-20/h9-12,16,18,21-24H,6,8,13-15H2,1-5,7H3.